The standard InChI is InChI=1S/C42H81NO3/c1-3-5-7-9-11-13-15-17-19-20-21-22-24-26-28-30-32-34-36-38-42(46)43-40(39-44)41(45)37-35-33-31-29-27-25-23-18-16-14-12-10-8-6-4-2/h17,19,27,29,40-41,44-45H,3-16,18,20-26,28,30-39H2,1-2H3,(H,43,46)/b19-17+,29-27+/t40-,41+/m0/s1. The predicted molar refractivity (Wildman–Crippen MR) is 202 cm³/mol. The van der Waals surface area contributed by atoms with E-state index in [0.717, 1.165) is 32.1 Å². The van der Waals surface area contributed by atoms with Gasteiger partial charge in [0.25, 0.3) is 0 Å². The smallest absolute Gasteiger partial charge is 0.220 e. The van der Waals surface area contributed by atoms with Gasteiger partial charge in [0.2, 0.25) is 5.91 Å². The molecule has 2 atom stereocenters. The molecular formula is C42H81NO3. The van der Waals surface area contributed by atoms with Crippen LogP contribution in [0.4, 0.5) is 0 Å². The molecule has 0 saturated carbocycles. The van der Waals surface area contributed by atoms with E-state index in [1.165, 1.54) is 161 Å². The van der Waals surface area contributed by atoms with Crippen molar-refractivity contribution in [2.24, 2.45) is 0 Å². The van der Waals surface area contributed by atoms with E-state index in [1.807, 2.05) is 0 Å². The highest BCUT2D eigenvalue weighted by Crippen LogP contribution is 2.14. The number of nitrogens with one attached hydrogen (secondary N) is 1. The second-order valence-electron chi connectivity index (χ2n) is 14.0. The van der Waals surface area contributed by atoms with Crippen LogP contribution in [0.25, 0.3) is 0 Å². The zero-order valence-corrected chi connectivity index (χ0v) is 31.1. The van der Waals surface area contributed by atoms with Gasteiger partial charge in [0.15, 0.2) is 0 Å². The van der Waals surface area contributed by atoms with Gasteiger partial charge in [-0.15, -0.1) is 0 Å². The van der Waals surface area contributed by atoms with E-state index >= 15 is 0 Å². The third-order valence-electron chi connectivity index (χ3n) is 9.43. The van der Waals surface area contributed by atoms with Gasteiger partial charge in [0.05, 0.1) is 18.8 Å². The van der Waals surface area contributed by atoms with Gasteiger partial charge < -0.3 is 15.5 Å². The van der Waals surface area contributed by atoms with Gasteiger partial charge in [-0.2, -0.15) is 0 Å². The molecule has 0 aliphatic carbocycles. The van der Waals surface area contributed by atoms with Crippen LogP contribution in [0, 0.1) is 0 Å². The Morgan fingerprint density at radius 3 is 1.20 bits per heavy atom. The molecule has 0 saturated heterocycles. The van der Waals surface area contributed by atoms with E-state index < -0.39 is 12.1 Å². The number of carbonyl (C=O) groups is 1. The summed E-state index contributed by atoms with van der Waals surface area (Å²) in [5.74, 6) is -0.0430. The summed E-state index contributed by atoms with van der Waals surface area (Å²) in [6.07, 6.45) is 48.1. The van der Waals surface area contributed by atoms with E-state index in [-0.39, 0.29) is 12.5 Å². The lowest BCUT2D eigenvalue weighted by atomic mass is 10.0. The fourth-order valence-electron chi connectivity index (χ4n) is 6.23. The molecule has 0 radical (unpaired) electrons. The molecule has 0 heterocycles. The van der Waals surface area contributed by atoms with Crippen molar-refractivity contribution in [3.63, 3.8) is 0 Å². The Morgan fingerprint density at radius 2 is 0.826 bits per heavy atom. The van der Waals surface area contributed by atoms with Crippen LogP contribution in [0.15, 0.2) is 24.3 Å². The second-order valence-corrected chi connectivity index (χ2v) is 14.0. The van der Waals surface area contributed by atoms with Gasteiger partial charge in [-0.3, -0.25) is 4.79 Å². The van der Waals surface area contributed by atoms with E-state index in [4.69, 9.17) is 0 Å². The molecule has 0 aromatic heterocycles. The van der Waals surface area contributed by atoms with Crippen molar-refractivity contribution >= 4 is 5.91 Å². The number of allylic oxidation sites excluding steroid dienone is 4. The third kappa shape index (κ3) is 34.2. The van der Waals surface area contributed by atoms with Crippen LogP contribution in [0.2, 0.25) is 0 Å². The summed E-state index contributed by atoms with van der Waals surface area (Å²) in [6, 6.07) is -0.550. The molecule has 272 valence electrons. The first-order valence-corrected chi connectivity index (χ1v) is 20.5. The lowest BCUT2D eigenvalue weighted by Gasteiger charge is -2.22. The summed E-state index contributed by atoms with van der Waals surface area (Å²) < 4.78 is 0. The molecule has 4 heteroatoms. The monoisotopic (exact) mass is 648 g/mol. The first-order valence-electron chi connectivity index (χ1n) is 20.5. The van der Waals surface area contributed by atoms with Crippen LogP contribution in [0.1, 0.15) is 219 Å². The zero-order valence-electron chi connectivity index (χ0n) is 31.1. The fourth-order valence-corrected chi connectivity index (χ4v) is 6.23. The highest BCUT2D eigenvalue weighted by Gasteiger charge is 2.19. The van der Waals surface area contributed by atoms with Gasteiger partial charge in [-0.05, 0) is 64.2 Å². The average molecular weight is 648 g/mol. The second kappa shape index (κ2) is 38.3. The summed E-state index contributed by atoms with van der Waals surface area (Å²) in [7, 11) is 0. The number of aliphatic hydroxyl groups excluding tert-OH is 2. The zero-order chi connectivity index (χ0) is 33.6. The third-order valence-corrected chi connectivity index (χ3v) is 9.43. The number of carbonyl (C=O) groups excluding carboxylic acids is 1. The molecule has 0 bridgehead atoms. The van der Waals surface area contributed by atoms with Crippen molar-refractivity contribution in [2.75, 3.05) is 6.61 Å². The number of aliphatic hydroxyl groups is 2. The number of rotatable bonds is 37. The minimum Gasteiger partial charge on any atom is -0.394 e. The molecule has 0 aromatic carbocycles. The van der Waals surface area contributed by atoms with Crippen LogP contribution in [-0.2, 0) is 4.79 Å². The molecule has 1 amide bonds. The fraction of sp³-hybridized carbons (Fsp3) is 0.881. The Hall–Kier alpha value is -1.13. The Labute approximate surface area is 288 Å². The lowest BCUT2D eigenvalue weighted by Crippen LogP contribution is -2.45. The van der Waals surface area contributed by atoms with Crippen molar-refractivity contribution in [2.45, 2.75) is 231 Å². The van der Waals surface area contributed by atoms with E-state index in [0.29, 0.717) is 12.8 Å². The minimum absolute atomic E-state index is 0.0430. The summed E-state index contributed by atoms with van der Waals surface area (Å²) in [5.41, 5.74) is 0. The molecule has 4 nitrogen and oxygen atoms in total. The SMILES string of the molecule is CCCCCCCC/C=C/CCCCCCCCCCCC(=O)N[C@@H](CO)[C@H](O)CCCC/C=C/CCCCCCCCCCC. The molecule has 0 fully saturated rings. The number of hydrogen-bond donors (Lipinski definition) is 3. The quantitative estimate of drug-likeness (QED) is 0.0464. The van der Waals surface area contributed by atoms with Gasteiger partial charge >= 0.3 is 0 Å². The first-order chi connectivity index (χ1) is 22.7. The molecule has 46 heavy (non-hydrogen) atoms. The summed E-state index contributed by atoms with van der Waals surface area (Å²) >= 11 is 0. The maximum absolute atomic E-state index is 12.4. The van der Waals surface area contributed by atoms with Crippen LogP contribution >= 0.6 is 0 Å². The predicted octanol–water partition coefficient (Wildman–Crippen LogP) is 12.5. The van der Waals surface area contributed by atoms with Gasteiger partial charge in [0.1, 0.15) is 0 Å². The Bertz CT molecular complexity index is 661. The van der Waals surface area contributed by atoms with Crippen LogP contribution in [0.5, 0.6) is 0 Å². The summed E-state index contributed by atoms with van der Waals surface area (Å²) in [4.78, 5) is 12.4. The maximum atomic E-state index is 12.4. The minimum atomic E-state index is -0.680. The summed E-state index contributed by atoms with van der Waals surface area (Å²) in [5, 5.41) is 23.1. The van der Waals surface area contributed by atoms with Crippen molar-refractivity contribution < 1.29 is 15.0 Å². The molecule has 0 spiro atoms. The molecular weight excluding hydrogens is 566 g/mol. The normalized spacial score (nSPS) is 13.2. The molecule has 0 aliphatic rings. The van der Waals surface area contributed by atoms with Gasteiger partial charge in [-0.25, -0.2) is 0 Å². The van der Waals surface area contributed by atoms with Crippen molar-refractivity contribution in [3.8, 4) is 0 Å². The lowest BCUT2D eigenvalue weighted by molar-refractivity contribution is -0.123. The first kappa shape index (κ1) is 44.9. The van der Waals surface area contributed by atoms with Crippen molar-refractivity contribution in [3.05, 3.63) is 24.3 Å². The average Bonchev–Trinajstić information content (AvgIpc) is 3.06. The maximum Gasteiger partial charge on any atom is 0.220 e. The van der Waals surface area contributed by atoms with E-state index in [2.05, 4.69) is 43.5 Å². The van der Waals surface area contributed by atoms with Crippen LogP contribution < -0.4 is 5.32 Å². The molecule has 0 aromatic rings. The number of amides is 1. The van der Waals surface area contributed by atoms with Crippen LogP contribution in [0.3, 0.4) is 0 Å². The molecule has 0 rings (SSSR count). The summed E-state index contributed by atoms with van der Waals surface area (Å²) in [6.45, 7) is 4.34. The Kier molecular flexibility index (Phi) is 37.4. The number of hydrogen-bond acceptors (Lipinski definition) is 3. The Morgan fingerprint density at radius 1 is 0.500 bits per heavy atom. The Balaban J connectivity index is 3.56. The molecule has 3 N–H and O–H groups in total. The van der Waals surface area contributed by atoms with E-state index in [9.17, 15) is 15.0 Å². The van der Waals surface area contributed by atoms with Gasteiger partial charge in [-0.1, -0.05) is 173 Å². The van der Waals surface area contributed by atoms with Crippen molar-refractivity contribution in [1.29, 1.82) is 0 Å². The van der Waals surface area contributed by atoms with Gasteiger partial charge in [0, 0.05) is 6.42 Å². The van der Waals surface area contributed by atoms with Crippen molar-refractivity contribution in [1.82, 2.24) is 5.32 Å². The van der Waals surface area contributed by atoms with E-state index in [1.54, 1.807) is 0 Å². The highest BCUT2D eigenvalue weighted by molar-refractivity contribution is 5.76. The molecule has 0 unspecified atom stereocenters. The topological polar surface area (TPSA) is 69.6 Å². The highest BCUT2D eigenvalue weighted by atomic mass is 16.3. The largest absolute Gasteiger partial charge is 0.394 e. The molecule has 0 aliphatic heterocycles. The number of unbranched alkanes of at least 4 members (excludes halogenated alkanes) is 26. The van der Waals surface area contributed by atoms with Crippen LogP contribution in [-0.4, -0.2) is 34.9 Å².